The summed E-state index contributed by atoms with van der Waals surface area (Å²) in [5, 5.41) is 10.5. The van der Waals surface area contributed by atoms with Crippen molar-refractivity contribution >= 4 is 40.9 Å². The summed E-state index contributed by atoms with van der Waals surface area (Å²) in [4.78, 5) is 15.0. The van der Waals surface area contributed by atoms with E-state index in [-0.39, 0.29) is 5.75 Å². The molecule has 0 bridgehead atoms. The minimum atomic E-state index is -0.889. The molecule has 4 nitrogen and oxygen atoms in total. The molecule has 1 heterocycles. The van der Waals surface area contributed by atoms with Gasteiger partial charge in [0.15, 0.2) is 5.16 Å². The highest BCUT2D eigenvalue weighted by molar-refractivity contribution is 7.99. The lowest BCUT2D eigenvalue weighted by atomic mass is 10.3. The monoisotopic (exact) mass is 330 g/mol. The maximum atomic E-state index is 10.7. The Labute approximate surface area is 130 Å². The first-order chi connectivity index (χ1) is 9.52. The van der Waals surface area contributed by atoms with Crippen LogP contribution in [0.5, 0.6) is 0 Å². The number of carboxylic acid groups (broad SMARTS) is 1. The number of carboxylic acids is 1. The Balaban J connectivity index is 2.50. The Morgan fingerprint density at radius 1 is 1.45 bits per heavy atom. The van der Waals surface area contributed by atoms with Crippen LogP contribution in [0, 0.1) is 0 Å². The Hall–Kier alpha value is -1.17. The van der Waals surface area contributed by atoms with E-state index >= 15 is 0 Å². The molecule has 0 radical (unpaired) electrons. The van der Waals surface area contributed by atoms with Gasteiger partial charge in [0.2, 0.25) is 0 Å². The SMILES string of the molecule is CCc1cnc(SCC(=O)O)n1-c1cc(Cl)ccc1Cl. The molecule has 0 saturated carbocycles. The number of aryl methyl sites for hydroxylation is 1. The zero-order valence-corrected chi connectivity index (χ0v) is 13.0. The highest BCUT2D eigenvalue weighted by Gasteiger charge is 2.15. The number of nitrogens with zero attached hydrogens (tertiary/aromatic N) is 2. The zero-order valence-electron chi connectivity index (χ0n) is 10.6. The summed E-state index contributed by atoms with van der Waals surface area (Å²) in [6.07, 6.45) is 2.48. The second kappa shape index (κ2) is 6.52. The molecule has 2 rings (SSSR count). The van der Waals surface area contributed by atoms with E-state index in [1.807, 2.05) is 11.5 Å². The quantitative estimate of drug-likeness (QED) is 0.844. The van der Waals surface area contributed by atoms with Gasteiger partial charge in [0.05, 0.1) is 16.5 Å². The lowest BCUT2D eigenvalue weighted by Crippen LogP contribution is -2.04. The lowest BCUT2D eigenvalue weighted by Gasteiger charge is -2.12. The van der Waals surface area contributed by atoms with Gasteiger partial charge in [-0.25, -0.2) is 4.98 Å². The van der Waals surface area contributed by atoms with Crippen LogP contribution < -0.4 is 0 Å². The molecular weight excluding hydrogens is 319 g/mol. The van der Waals surface area contributed by atoms with Crippen LogP contribution in [-0.4, -0.2) is 26.4 Å². The Kier molecular flexibility index (Phi) is 4.96. The molecule has 7 heteroatoms. The predicted octanol–water partition coefficient (Wildman–Crippen LogP) is 3.92. The molecule has 0 aliphatic heterocycles. The van der Waals surface area contributed by atoms with Crippen molar-refractivity contribution in [2.45, 2.75) is 18.5 Å². The van der Waals surface area contributed by atoms with Crippen LogP contribution in [0.15, 0.2) is 29.6 Å². The van der Waals surface area contributed by atoms with Crippen LogP contribution in [0.25, 0.3) is 5.69 Å². The maximum absolute atomic E-state index is 10.7. The second-order valence-corrected chi connectivity index (χ2v) is 5.79. The number of rotatable bonds is 5. The number of aliphatic carboxylic acids is 1. The maximum Gasteiger partial charge on any atom is 0.313 e. The topological polar surface area (TPSA) is 55.1 Å². The van der Waals surface area contributed by atoms with E-state index in [9.17, 15) is 4.79 Å². The fourth-order valence-electron chi connectivity index (χ4n) is 1.76. The molecule has 1 aromatic carbocycles. The average molecular weight is 331 g/mol. The number of hydrogen-bond donors (Lipinski definition) is 1. The van der Waals surface area contributed by atoms with Crippen LogP contribution in [0.3, 0.4) is 0 Å². The number of benzene rings is 1. The van der Waals surface area contributed by atoms with Crippen LogP contribution in [0.1, 0.15) is 12.6 Å². The van der Waals surface area contributed by atoms with E-state index < -0.39 is 5.97 Å². The van der Waals surface area contributed by atoms with Gasteiger partial charge in [-0.15, -0.1) is 0 Å². The summed E-state index contributed by atoms with van der Waals surface area (Å²) in [6, 6.07) is 5.17. The van der Waals surface area contributed by atoms with E-state index in [4.69, 9.17) is 28.3 Å². The first kappa shape index (κ1) is 15.2. The highest BCUT2D eigenvalue weighted by atomic mass is 35.5. The van der Waals surface area contributed by atoms with Crippen molar-refractivity contribution in [3.63, 3.8) is 0 Å². The third kappa shape index (κ3) is 3.29. The first-order valence-electron chi connectivity index (χ1n) is 5.89. The number of halogens is 2. The molecule has 20 heavy (non-hydrogen) atoms. The fourth-order valence-corrected chi connectivity index (χ4v) is 2.85. The van der Waals surface area contributed by atoms with Crippen molar-refractivity contribution in [2.24, 2.45) is 0 Å². The smallest absolute Gasteiger partial charge is 0.313 e. The molecule has 0 atom stereocenters. The number of carbonyl (C=O) groups is 1. The normalized spacial score (nSPS) is 10.8. The van der Waals surface area contributed by atoms with Gasteiger partial charge in [0.1, 0.15) is 0 Å². The van der Waals surface area contributed by atoms with Crippen LogP contribution in [0.2, 0.25) is 10.0 Å². The average Bonchev–Trinajstić information content (AvgIpc) is 2.82. The van der Waals surface area contributed by atoms with E-state index in [1.54, 1.807) is 24.4 Å². The number of imidazole rings is 1. The van der Waals surface area contributed by atoms with Crippen molar-refractivity contribution in [3.8, 4) is 5.69 Å². The summed E-state index contributed by atoms with van der Waals surface area (Å²) in [5.41, 5.74) is 1.66. The van der Waals surface area contributed by atoms with Gasteiger partial charge >= 0.3 is 5.97 Å². The molecule has 0 aliphatic carbocycles. The van der Waals surface area contributed by atoms with Crippen molar-refractivity contribution in [1.29, 1.82) is 0 Å². The largest absolute Gasteiger partial charge is 0.481 e. The third-order valence-corrected chi connectivity index (χ3v) is 4.13. The first-order valence-corrected chi connectivity index (χ1v) is 7.63. The second-order valence-electron chi connectivity index (χ2n) is 4.00. The zero-order chi connectivity index (χ0) is 14.7. The molecule has 0 spiro atoms. The van der Waals surface area contributed by atoms with Gasteiger partial charge in [-0.2, -0.15) is 0 Å². The Morgan fingerprint density at radius 3 is 2.85 bits per heavy atom. The summed E-state index contributed by atoms with van der Waals surface area (Å²) in [7, 11) is 0. The summed E-state index contributed by atoms with van der Waals surface area (Å²) in [5.74, 6) is -0.946. The van der Waals surface area contributed by atoms with Gasteiger partial charge in [-0.05, 0) is 24.6 Å². The standard InChI is InChI=1S/C13H12Cl2N2O2S/c1-2-9-6-16-13(20-7-12(18)19)17(9)11-5-8(14)3-4-10(11)15/h3-6H,2,7H2,1H3,(H,18,19). The molecule has 1 N–H and O–H groups in total. The highest BCUT2D eigenvalue weighted by Crippen LogP contribution is 2.30. The number of hydrogen-bond acceptors (Lipinski definition) is 3. The van der Waals surface area contributed by atoms with Gasteiger partial charge in [-0.1, -0.05) is 41.9 Å². The van der Waals surface area contributed by atoms with Gasteiger partial charge in [0, 0.05) is 16.9 Å². The molecular formula is C13H12Cl2N2O2S. The van der Waals surface area contributed by atoms with E-state index in [0.29, 0.717) is 20.9 Å². The van der Waals surface area contributed by atoms with E-state index in [2.05, 4.69) is 4.98 Å². The molecule has 106 valence electrons. The summed E-state index contributed by atoms with van der Waals surface area (Å²) >= 11 is 13.4. The minimum absolute atomic E-state index is 0.0572. The Morgan fingerprint density at radius 2 is 2.20 bits per heavy atom. The molecule has 0 fully saturated rings. The number of thioether (sulfide) groups is 1. The van der Waals surface area contributed by atoms with Crippen LogP contribution in [-0.2, 0) is 11.2 Å². The molecule has 0 amide bonds. The third-order valence-electron chi connectivity index (χ3n) is 2.64. The predicted molar refractivity (Wildman–Crippen MR) is 81.3 cm³/mol. The summed E-state index contributed by atoms with van der Waals surface area (Å²) in [6.45, 7) is 2.00. The van der Waals surface area contributed by atoms with Crippen molar-refractivity contribution in [1.82, 2.24) is 9.55 Å². The molecule has 0 unspecified atom stereocenters. The van der Waals surface area contributed by atoms with E-state index in [1.165, 1.54) is 0 Å². The molecule has 1 aromatic heterocycles. The lowest BCUT2D eigenvalue weighted by molar-refractivity contribution is -0.133. The van der Waals surface area contributed by atoms with Crippen molar-refractivity contribution in [2.75, 3.05) is 5.75 Å². The van der Waals surface area contributed by atoms with E-state index in [0.717, 1.165) is 23.9 Å². The van der Waals surface area contributed by atoms with Crippen LogP contribution >= 0.6 is 35.0 Å². The molecule has 0 aliphatic rings. The van der Waals surface area contributed by atoms with Crippen LogP contribution in [0.4, 0.5) is 0 Å². The minimum Gasteiger partial charge on any atom is -0.481 e. The summed E-state index contributed by atoms with van der Waals surface area (Å²) < 4.78 is 1.85. The van der Waals surface area contributed by atoms with Gasteiger partial charge in [-0.3, -0.25) is 9.36 Å². The fraction of sp³-hybridized carbons (Fsp3) is 0.231. The van der Waals surface area contributed by atoms with Crippen molar-refractivity contribution in [3.05, 3.63) is 40.1 Å². The van der Waals surface area contributed by atoms with Gasteiger partial charge in [0.25, 0.3) is 0 Å². The molecule has 0 saturated heterocycles. The Bertz CT molecular complexity index is 643. The van der Waals surface area contributed by atoms with Crippen molar-refractivity contribution < 1.29 is 9.90 Å². The number of aromatic nitrogens is 2. The van der Waals surface area contributed by atoms with Gasteiger partial charge < -0.3 is 5.11 Å². The molecule has 2 aromatic rings.